The minimum absolute atomic E-state index is 0.131. The predicted molar refractivity (Wildman–Crippen MR) is 58.1 cm³/mol. The molecule has 0 spiro atoms. The summed E-state index contributed by atoms with van der Waals surface area (Å²) in [7, 11) is 0. The number of rotatable bonds is 7. The van der Waals surface area contributed by atoms with Crippen molar-refractivity contribution in [1.29, 1.82) is 0 Å². The summed E-state index contributed by atoms with van der Waals surface area (Å²) in [4.78, 5) is 11.2. The Morgan fingerprint density at radius 2 is 2.21 bits per heavy atom. The fourth-order valence-corrected chi connectivity index (χ4v) is 1.52. The summed E-state index contributed by atoms with van der Waals surface area (Å²) in [5, 5.41) is 6.08. The summed E-state index contributed by atoms with van der Waals surface area (Å²) in [5.41, 5.74) is 0. The van der Waals surface area contributed by atoms with Gasteiger partial charge in [-0.05, 0) is 31.2 Å². The van der Waals surface area contributed by atoms with E-state index >= 15 is 0 Å². The number of nitrogens with one attached hydrogen (secondary N) is 2. The molecule has 1 amide bonds. The highest BCUT2D eigenvalue weighted by Gasteiger charge is 2.31. The lowest BCUT2D eigenvalue weighted by Gasteiger charge is -2.05. The van der Waals surface area contributed by atoms with Crippen molar-refractivity contribution in [3.05, 3.63) is 0 Å². The van der Waals surface area contributed by atoms with Gasteiger partial charge in [-0.15, -0.1) is 0 Å². The van der Waals surface area contributed by atoms with Crippen LogP contribution in [0.3, 0.4) is 0 Å². The van der Waals surface area contributed by atoms with E-state index in [1.54, 1.807) is 0 Å². The molecule has 0 radical (unpaired) electrons. The summed E-state index contributed by atoms with van der Waals surface area (Å²) in [6.45, 7) is 6.68. The third kappa shape index (κ3) is 4.61. The normalized spacial score (nSPS) is 24.7. The molecular formula is C11H22N2O. The van der Waals surface area contributed by atoms with Gasteiger partial charge in [-0.2, -0.15) is 0 Å². The molecule has 0 heterocycles. The Kier molecular flexibility index (Phi) is 4.94. The molecule has 0 bridgehead atoms. The Labute approximate surface area is 86.6 Å². The van der Waals surface area contributed by atoms with Crippen molar-refractivity contribution >= 4 is 5.91 Å². The van der Waals surface area contributed by atoms with Gasteiger partial charge in [0.25, 0.3) is 0 Å². The molecule has 1 rings (SSSR count). The van der Waals surface area contributed by atoms with Crippen molar-refractivity contribution in [3.8, 4) is 0 Å². The number of hydrogen-bond donors (Lipinski definition) is 2. The predicted octanol–water partition coefficient (Wildman–Crippen LogP) is 1.15. The summed E-state index contributed by atoms with van der Waals surface area (Å²) in [5.74, 6) is 1.82. The van der Waals surface area contributed by atoms with Crippen molar-refractivity contribution in [2.24, 2.45) is 11.8 Å². The van der Waals surface area contributed by atoms with E-state index < -0.39 is 0 Å². The van der Waals surface area contributed by atoms with Gasteiger partial charge in [-0.1, -0.05) is 20.3 Å². The van der Waals surface area contributed by atoms with Crippen molar-refractivity contribution in [3.63, 3.8) is 0 Å². The molecule has 2 atom stereocenters. The molecule has 0 aromatic carbocycles. The van der Waals surface area contributed by atoms with Crippen LogP contribution in [0.2, 0.25) is 0 Å². The third-order valence-electron chi connectivity index (χ3n) is 2.82. The number of unbranched alkanes of at least 4 members (excludes halogenated alkanes) is 1. The molecule has 1 aliphatic rings. The Bertz CT molecular complexity index is 182. The summed E-state index contributed by atoms with van der Waals surface area (Å²) < 4.78 is 0. The minimum atomic E-state index is 0.131. The number of carbonyl (C=O) groups is 1. The average Bonchev–Trinajstić information content (AvgIpc) is 2.83. The highest BCUT2D eigenvalue weighted by molar-refractivity contribution is 5.77. The van der Waals surface area contributed by atoms with Gasteiger partial charge in [-0.25, -0.2) is 0 Å². The summed E-state index contributed by atoms with van der Waals surface area (Å²) in [6.07, 6.45) is 3.53. The standard InChI is InChI=1S/C11H22N2O/c1-3-4-5-13-11(14)8-12-7-10-6-9(10)2/h9-10,12H,3-8H2,1-2H3,(H,13,14). The zero-order chi connectivity index (χ0) is 10.4. The molecule has 14 heavy (non-hydrogen) atoms. The lowest BCUT2D eigenvalue weighted by atomic mass is 10.3. The maximum atomic E-state index is 11.2. The Morgan fingerprint density at radius 1 is 1.50 bits per heavy atom. The molecule has 3 heteroatoms. The van der Waals surface area contributed by atoms with Gasteiger partial charge >= 0.3 is 0 Å². The number of carbonyl (C=O) groups excluding carboxylic acids is 1. The molecule has 82 valence electrons. The first-order valence-corrected chi connectivity index (χ1v) is 5.71. The first-order chi connectivity index (χ1) is 6.74. The van der Waals surface area contributed by atoms with E-state index in [9.17, 15) is 4.79 Å². The highest BCUT2D eigenvalue weighted by Crippen LogP contribution is 2.36. The highest BCUT2D eigenvalue weighted by atomic mass is 16.1. The maximum Gasteiger partial charge on any atom is 0.233 e. The molecule has 0 saturated heterocycles. The molecule has 0 aliphatic heterocycles. The SMILES string of the molecule is CCCCNC(=O)CNCC1CC1C. The van der Waals surface area contributed by atoms with Crippen molar-refractivity contribution in [1.82, 2.24) is 10.6 Å². The van der Waals surface area contributed by atoms with E-state index in [2.05, 4.69) is 24.5 Å². The van der Waals surface area contributed by atoms with E-state index in [4.69, 9.17) is 0 Å². The van der Waals surface area contributed by atoms with Crippen molar-refractivity contribution in [2.75, 3.05) is 19.6 Å². The van der Waals surface area contributed by atoms with Crippen LogP contribution in [0.25, 0.3) is 0 Å². The Hall–Kier alpha value is -0.570. The van der Waals surface area contributed by atoms with Gasteiger partial charge in [0, 0.05) is 6.54 Å². The Morgan fingerprint density at radius 3 is 2.79 bits per heavy atom. The zero-order valence-corrected chi connectivity index (χ0v) is 9.31. The molecule has 0 aromatic heterocycles. The van der Waals surface area contributed by atoms with Crippen LogP contribution in [-0.2, 0) is 4.79 Å². The molecule has 1 saturated carbocycles. The molecule has 2 N–H and O–H groups in total. The second kappa shape index (κ2) is 6.02. The average molecular weight is 198 g/mol. The van der Waals surface area contributed by atoms with E-state index in [1.807, 2.05) is 0 Å². The third-order valence-corrected chi connectivity index (χ3v) is 2.82. The van der Waals surface area contributed by atoms with Crippen LogP contribution in [0.5, 0.6) is 0 Å². The van der Waals surface area contributed by atoms with Crippen molar-refractivity contribution in [2.45, 2.75) is 33.1 Å². The van der Waals surface area contributed by atoms with Crippen LogP contribution in [0.1, 0.15) is 33.1 Å². The van der Waals surface area contributed by atoms with E-state index in [-0.39, 0.29) is 5.91 Å². The second-order valence-electron chi connectivity index (χ2n) is 4.31. The van der Waals surface area contributed by atoms with Gasteiger partial charge in [0.1, 0.15) is 0 Å². The van der Waals surface area contributed by atoms with Gasteiger partial charge in [-0.3, -0.25) is 4.79 Å². The molecule has 0 aromatic rings. The van der Waals surface area contributed by atoms with Gasteiger partial charge in [0.2, 0.25) is 5.91 Å². The number of amides is 1. The van der Waals surface area contributed by atoms with Crippen LogP contribution >= 0.6 is 0 Å². The van der Waals surface area contributed by atoms with E-state index in [1.165, 1.54) is 6.42 Å². The van der Waals surface area contributed by atoms with Crippen LogP contribution in [0.15, 0.2) is 0 Å². The lowest BCUT2D eigenvalue weighted by molar-refractivity contribution is -0.120. The largest absolute Gasteiger partial charge is 0.355 e. The van der Waals surface area contributed by atoms with Crippen LogP contribution in [-0.4, -0.2) is 25.5 Å². The fraction of sp³-hybridized carbons (Fsp3) is 0.909. The van der Waals surface area contributed by atoms with Gasteiger partial charge in [0.05, 0.1) is 6.54 Å². The number of hydrogen-bond acceptors (Lipinski definition) is 2. The monoisotopic (exact) mass is 198 g/mol. The van der Waals surface area contributed by atoms with Crippen molar-refractivity contribution < 1.29 is 4.79 Å². The van der Waals surface area contributed by atoms with E-state index in [0.717, 1.165) is 37.8 Å². The van der Waals surface area contributed by atoms with E-state index in [0.29, 0.717) is 6.54 Å². The topological polar surface area (TPSA) is 41.1 Å². The smallest absolute Gasteiger partial charge is 0.233 e. The van der Waals surface area contributed by atoms with Crippen LogP contribution in [0, 0.1) is 11.8 Å². The fourth-order valence-electron chi connectivity index (χ4n) is 1.52. The molecule has 1 fully saturated rings. The summed E-state index contributed by atoms with van der Waals surface area (Å²) in [6, 6.07) is 0. The molecule has 1 aliphatic carbocycles. The summed E-state index contributed by atoms with van der Waals surface area (Å²) >= 11 is 0. The maximum absolute atomic E-state index is 11.2. The minimum Gasteiger partial charge on any atom is -0.355 e. The van der Waals surface area contributed by atoms with Crippen LogP contribution < -0.4 is 10.6 Å². The zero-order valence-electron chi connectivity index (χ0n) is 9.31. The quantitative estimate of drug-likeness (QED) is 0.602. The second-order valence-corrected chi connectivity index (χ2v) is 4.31. The van der Waals surface area contributed by atoms with Gasteiger partial charge in [0.15, 0.2) is 0 Å². The van der Waals surface area contributed by atoms with Crippen LogP contribution in [0.4, 0.5) is 0 Å². The molecule has 2 unspecified atom stereocenters. The first kappa shape index (κ1) is 11.5. The molecule has 3 nitrogen and oxygen atoms in total. The first-order valence-electron chi connectivity index (χ1n) is 5.71. The molecular weight excluding hydrogens is 176 g/mol. The Balaban J connectivity index is 1.87. The van der Waals surface area contributed by atoms with Gasteiger partial charge < -0.3 is 10.6 Å². The lowest BCUT2D eigenvalue weighted by Crippen LogP contribution is -2.35.